The Hall–Kier alpha value is -2.30. The first-order valence-corrected chi connectivity index (χ1v) is 4.16. The Morgan fingerprint density at radius 2 is 2.00 bits per heavy atom. The fourth-order valence-corrected chi connectivity index (χ4v) is 1.22. The van der Waals surface area contributed by atoms with Gasteiger partial charge in [0.15, 0.2) is 0 Å². The van der Waals surface area contributed by atoms with Gasteiger partial charge in [0.1, 0.15) is 11.3 Å². The van der Waals surface area contributed by atoms with Crippen LogP contribution in [-0.4, -0.2) is 6.09 Å². The van der Waals surface area contributed by atoms with Gasteiger partial charge in [-0.25, -0.2) is 9.59 Å². The molecule has 5 nitrogen and oxygen atoms in total. The molecule has 1 amide bonds. The summed E-state index contributed by atoms with van der Waals surface area (Å²) >= 11 is 0. The summed E-state index contributed by atoms with van der Waals surface area (Å²) in [5.74, 6) is 0.240. The molecule has 2 aromatic rings. The maximum Gasteiger partial charge on any atom is 0.409 e. The maximum absolute atomic E-state index is 10.9. The number of fused-ring (bicyclic) bond motifs is 1. The van der Waals surface area contributed by atoms with E-state index in [4.69, 9.17) is 10.2 Å². The van der Waals surface area contributed by atoms with Crippen LogP contribution in [0, 0.1) is 0 Å². The number of benzene rings is 1. The van der Waals surface area contributed by atoms with Crippen molar-refractivity contribution >= 4 is 17.1 Å². The van der Waals surface area contributed by atoms with Gasteiger partial charge in [0.2, 0.25) is 0 Å². The number of rotatable bonds is 1. The van der Waals surface area contributed by atoms with Crippen LogP contribution in [0.4, 0.5) is 4.79 Å². The summed E-state index contributed by atoms with van der Waals surface area (Å²) in [5.41, 5.74) is 4.73. The quantitative estimate of drug-likeness (QED) is 0.710. The topological polar surface area (TPSA) is 82.5 Å². The molecular formula is C10H7NO4. The lowest BCUT2D eigenvalue weighted by Gasteiger charge is -2.01. The monoisotopic (exact) mass is 205 g/mol. The molecule has 15 heavy (non-hydrogen) atoms. The summed E-state index contributed by atoms with van der Waals surface area (Å²) in [7, 11) is 0. The van der Waals surface area contributed by atoms with Gasteiger partial charge in [0.25, 0.3) is 0 Å². The Morgan fingerprint density at radius 3 is 2.73 bits per heavy atom. The first kappa shape index (κ1) is 9.26. The minimum Gasteiger partial charge on any atom is -0.423 e. The molecule has 0 saturated heterocycles. The minimum absolute atomic E-state index is 0.240. The third kappa shape index (κ3) is 1.96. The molecule has 2 N–H and O–H groups in total. The van der Waals surface area contributed by atoms with Gasteiger partial charge in [-0.05, 0) is 18.2 Å². The summed E-state index contributed by atoms with van der Waals surface area (Å²) in [6.45, 7) is 0. The summed E-state index contributed by atoms with van der Waals surface area (Å²) in [5, 5.41) is 0.742. The molecule has 0 fully saturated rings. The molecule has 0 saturated carbocycles. The number of carbonyl (C=O) groups excluding carboxylic acids is 1. The molecule has 1 aromatic carbocycles. The van der Waals surface area contributed by atoms with Crippen molar-refractivity contribution in [1.29, 1.82) is 0 Å². The highest BCUT2D eigenvalue weighted by molar-refractivity contribution is 5.79. The third-order valence-electron chi connectivity index (χ3n) is 1.81. The van der Waals surface area contributed by atoms with Gasteiger partial charge in [0, 0.05) is 17.5 Å². The molecule has 76 valence electrons. The summed E-state index contributed by atoms with van der Waals surface area (Å²) in [4.78, 5) is 21.4. The molecule has 0 unspecified atom stereocenters. The van der Waals surface area contributed by atoms with E-state index < -0.39 is 11.7 Å². The molecule has 1 aromatic heterocycles. The first-order chi connectivity index (χ1) is 7.15. The van der Waals surface area contributed by atoms with E-state index in [9.17, 15) is 9.59 Å². The van der Waals surface area contributed by atoms with E-state index in [2.05, 4.69) is 4.74 Å². The number of carbonyl (C=O) groups is 1. The standard InChI is InChI=1S/C10H7NO4/c11-10(13)14-7-3-1-6-2-4-9(12)15-8(6)5-7/h1-5H,(H2,11,13). The van der Waals surface area contributed by atoms with Crippen LogP contribution >= 0.6 is 0 Å². The van der Waals surface area contributed by atoms with Crippen molar-refractivity contribution in [2.75, 3.05) is 0 Å². The number of ether oxygens (including phenoxy) is 1. The van der Waals surface area contributed by atoms with Crippen molar-refractivity contribution in [2.45, 2.75) is 0 Å². The molecule has 2 rings (SSSR count). The van der Waals surface area contributed by atoms with Crippen LogP contribution < -0.4 is 16.1 Å². The van der Waals surface area contributed by atoms with Crippen molar-refractivity contribution in [2.24, 2.45) is 5.73 Å². The van der Waals surface area contributed by atoms with E-state index in [1.807, 2.05) is 0 Å². The van der Waals surface area contributed by atoms with Crippen molar-refractivity contribution in [3.63, 3.8) is 0 Å². The second-order valence-corrected chi connectivity index (χ2v) is 2.88. The summed E-state index contributed by atoms with van der Waals surface area (Å²) in [6, 6.07) is 7.59. The lowest BCUT2D eigenvalue weighted by Crippen LogP contribution is -2.16. The normalized spacial score (nSPS) is 10.1. The highest BCUT2D eigenvalue weighted by Crippen LogP contribution is 2.19. The van der Waals surface area contributed by atoms with E-state index in [0.29, 0.717) is 5.58 Å². The highest BCUT2D eigenvalue weighted by atomic mass is 16.5. The van der Waals surface area contributed by atoms with Crippen LogP contribution in [0.25, 0.3) is 11.0 Å². The maximum atomic E-state index is 10.9. The lowest BCUT2D eigenvalue weighted by molar-refractivity contribution is 0.211. The van der Waals surface area contributed by atoms with Crippen molar-refractivity contribution in [1.82, 2.24) is 0 Å². The van der Waals surface area contributed by atoms with Crippen LogP contribution in [-0.2, 0) is 0 Å². The molecule has 5 heteroatoms. The van der Waals surface area contributed by atoms with Crippen molar-refractivity contribution < 1.29 is 13.9 Å². The predicted octanol–water partition coefficient (Wildman–Crippen LogP) is 1.25. The number of primary amides is 1. The zero-order valence-electron chi connectivity index (χ0n) is 7.60. The van der Waals surface area contributed by atoms with Gasteiger partial charge in [-0.1, -0.05) is 0 Å². The molecule has 0 aliphatic heterocycles. The fraction of sp³-hybridized carbons (Fsp3) is 0. The van der Waals surface area contributed by atoms with Gasteiger partial charge in [-0.2, -0.15) is 0 Å². The van der Waals surface area contributed by atoms with Gasteiger partial charge in [0.05, 0.1) is 0 Å². The van der Waals surface area contributed by atoms with Crippen LogP contribution in [0.15, 0.2) is 39.5 Å². The Labute approximate surface area is 84.1 Å². The highest BCUT2D eigenvalue weighted by Gasteiger charge is 2.02. The molecule has 0 aliphatic rings. The Bertz CT molecular complexity index is 573. The van der Waals surface area contributed by atoms with E-state index in [1.54, 1.807) is 18.2 Å². The molecule has 0 aliphatic carbocycles. The average molecular weight is 205 g/mol. The van der Waals surface area contributed by atoms with Gasteiger partial charge in [-0.15, -0.1) is 0 Å². The SMILES string of the molecule is NC(=O)Oc1ccc2ccc(=O)oc2c1. The fourth-order valence-electron chi connectivity index (χ4n) is 1.22. The number of hydrogen-bond acceptors (Lipinski definition) is 4. The van der Waals surface area contributed by atoms with E-state index >= 15 is 0 Å². The Morgan fingerprint density at radius 1 is 1.27 bits per heavy atom. The molecule has 0 radical (unpaired) electrons. The number of nitrogens with two attached hydrogens (primary N) is 1. The molecule has 1 heterocycles. The zero-order chi connectivity index (χ0) is 10.8. The van der Waals surface area contributed by atoms with E-state index in [0.717, 1.165) is 5.39 Å². The second kappa shape index (κ2) is 3.45. The molecule has 0 bridgehead atoms. The largest absolute Gasteiger partial charge is 0.423 e. The number of amides is 1. The van der Waals surface area contributed by atoms with Gasteiger partial charge in [-0.3, -0.25) is 0 Å². The average Bonchev–Trinajstić information content (AvgIpc) is 2.16. The van der Waals surface area contributed by atoms with Gasteiger partial charge >= 0.3 is 11.7 Å². The van der Waals surface area contributed by atoms with Crippen LogP contribution in [0.2, 0.25) is 0 Å². The van der Waals surface area contributed by atoms with Gasteiger partial charge < -0.3 is 14.9 Å². The Balaban J connectivity index is 2.54. The zero-order valence-corrected chi connectivity index (χ0v) is 7.60. The number of hydrogen-bond donors (Lipinski definition) is 1. The minimum atomic E-state index is -0.910. The van der Waals surface area contributed by atoms with Crippen LogP contribution in [0.1, 0.15) is 0 Å². The molecule has 0 atom stereocenters. The van der Waals surface area contributed by atoms with E-state index in [1.165, 1.54) is 12.1 Å². The van der Waals surface area contributed by atoms with E-state index in [-0.39, 0.29) is 5.75 Å². The lowest BCUT2D eigenvalue weighted by atomic mass is 10.2. The van der Waals surface area contributed by atoms with Crippen LogP contribution in [0.3, 0.4) is 0 Å². The molecular weight excluding hydrogens is 198 g/mol. The van der Waals surface area contributed by atoms with Crippen LogP contribution in [0.5, 0.6) is 5.75 Å². The van der Waals surface area contributed by atoms with Crippen molar-refractivity contribution in [3.05, 3.63) is 40.8 Å². The first-order valence-electron chi connectivity index (χ1n) is 4.16. The Kier molecular flexibility index (Phi) is 2.13. The smallest absolute Gasteiger partial charge is 0.409 e. The summed E-state index contributed by atoms with van der Waals surface area (Å²) < 4.78 is 9.54. The third-order valence-corrected chi connectivity index (χ3v) is 1.81. The second-order valence-electron chi connectivity index (χ2n) is 2.88. The predicted molar refractivity (Wildman–Crippen MR) is 52.7 cm³/mol. The van der Waals surface area contributed by atoms with Crippen molar-refractivity contribution in [3.8, 4) is 5.75 Å². The molecule has 0 spiro atoms. The summed E-state index contributed by atoms with van der Waals surface area (Å²) in [6.07, 6.45) is -0.910.